The average molecular weight is 917 g/mol. The number of fused-ring (bicyclic) bond motifs is 3. The second-order valence-corrected chi connectivity index (χ2v) is 15.7. The van der Waals surface area contributed by atoms with Gasteiger partial charge in [-0.05, 0) is 119 Å². The van der Waals surface area contributed by atoms with Crippen LogP contribution in [-0.4, -0.2) is 68.9 Å². The Hall–Kier alpha value is -5.44. The Kier molecular flexibility index (Phi) is 18.0. The van der Waals surface area contributed by atoms with Crippen LogP contribution in [0.25, 0.3) is 11.1 Å². The van der Waals surface area contributed by atoms with Crippen LogP contribution >= 0.6 is 22.6 Å². The van der Waals surface area contributed by atoms with Crippen LogP contribution in [0.15, 0.2) is 103 Å². The van der Waals surface area contributed by atoms with Gasteiger partial charge in [0, 0.05) is 29.0 Å². The Bertz CT molecular complexity index is 1950. The third-order valence-electron chi connectivity index (χ3n) is 10.2. The molecule has 4 aromatic rings. The number of amides is 4. The van der Waals surface area contributed by atoms with Gasteiger partial charge < -0.3 is 35.5 Å². The van der Waals surface area contributed by atoms with Crippen molar-refractivity contribution in [1.29, 1.82) is 0 Å². The van der Waals surface area contributed by atoms with Gasteiger partial charge >= 0.3 is 18.2 Å². The standard InChI is InChI=1S/C46H53IN4O8/c1-57-44(54)41(22-10-11-28-48-42(52)23-13-16-32-24-26-34(47)27-25-32)50-43(53)40(21-9-12-29-49-45(55)58-30-33-14-3-2-4-15-33)51-46(56)59-31-39-37-19-7-5-17-35(37)36-18-6-8-20-38(36)39/h2-8,14-15,17-20,24-27,39-41H,9-13,16,21-23,28-31H2,1H3,(H,48,52)(H,49,55)(H,50,53)(H,51,56). The lowest BCUT2D eigenvalue weighted by Crippen LogP contribution is -2.52. The summed E-state index contributed by atoms with van der Waals surface area (Å²) in [7, 11) is 1.25. The number of methoxy groups -OCH3 is 1. The summed E-state index contributed by atoms with van der Waals surface area (Å²) < 4.78 is 17.2. The first-order chi connectivity index (χ1) is 28.7. The van der Waals surface area contributed by atoms with Crippen LogP contribution in [0, 0.1) is 3.57 Å². The Labute approximate surface area is 359 Å². The van der Waals surface area contributed by atoms with E-state index >= 15 is 0 Å². The number of hydrogen-bond acceptors (Lipinski definition) is 8. The number of aryl methyl sites for hydroxylation is 1. The van der Waals surface area contributed by atoms with Crippen molar-refractivity contribution in [3.05, 3.63) is 129 Å². The molecule has 5 rings (SSSR count). The molecule has 0 radical (unpaired) electrons. The topological polar surface area (TPSA) is 161 Å². The van der Waals surface area contributed by atoms with Crippen molar-refractivity contribution in [2.24, 2.45) is 0 Å². The van der Waals surface area contributed by atoms with Gasteiger partial charge in [-0.2, -0.15) is 0 Å². The van der Waals surface area contributed by atoms with Crippen LogP contribution in [-0.2, 0) is 41.6 Å². The van der Waals surface area contributed by atoms with Gasteiger partial charge in [-0.3, -0.25) is 9.59 Å². The highest BCUT2D eigenvalue weighted by atomic mass is 127. The van der Waals surface area contributed by atoms with Crippen LogP contribution in [0.1, 0.15) is 79.5 Å². The first-order valence-electron chi connectivity index (χ1n) is 20.2. The number of halogens is 1. The highest BCUT2D eigenvalue weighted by Gasteiger charge is 2.31. The van der Waals surface area contributed by atoms with Crippen LogP contribution in [0.4, 0.5) is 9.59 Å². The van der Waals surface area contributed by atoms with Crippen molar-refractivity contribution in [3.63, 3.8) is 0 Å². The van der Waals surface area contributed by atoms with E-state index in [2.05, 4.69) is 80.3 Å². The van der Waals surface area contributed by atoms with Gasteiger partial charge in [0.15, 0.2) is 0 Å². The zero-order valence-corrected chi connectivity index (χ0v) is 35.5. The predicted molar refractivity (Wildman–Crippen MR) is 233 cm³/mol. The predicted octanol–water partition coefficient (Wildman–Crippen LogP) is 7.56. The van der Waals surface area contributed by atoms with E-state index in [0.717, 1.165) is 40.7 Å². The van der Waals surface area contributed by atoms with E-state index in [1.54, 1.807) is 0 Å². The second-order valence-electron chi connectivity index (χ2n) is 14.4. The number of nitrogens with one attached hydrogen (secondary N) is 4. The summed E-state index contributed by atoms with van der Waals surface area (Å²) >= 11 is 2.26. The molecule has 0 spiro atoms. The van der Waals surface area contributed by atoms with E-state index in [0.29, 0.717) is 45.2 Å². The molecule has 1 aliphatic carbocycles. The molecule has 0 heterocycles. The largest absolute Gasteiger partial charge is 0.467 e. The lowest BCUT2D eigenvalue weighted by molar-refractivity contribution is -0.145. The molecule has 4 N–H and O–H groups in total. The van der Waals surface area contributed by atoms with E-state index < -0.39 is 36.1 Å². The maximum absolute atomic E-state index is 13.8. The normalized spacial score (nSPS) is 12.6. The fourth-order valence-electron chi connectivity index (χ4n) is 7.05. The number of esters is 1. The van der Waals surface area contributed by atoms with Crippen LogP contribution in [0.3, 0.4) is 0 Å². The molecule has 2 atom stereocenters. The van der Waals surface area contributed by atoms with Gasteiger partial charge in [-0.15, -0.1) is 0 Å². The SMILES string of the molecule is COC(=O)C(CCCCNC(=O)CCCc1ccc(I)cc1)NC(=O)C(CCCCNC(=O)OCc1ccccc1)NC(=O)OCC1c2ccccc2-c2ccccc21. The molecule has 4 aromatic carbocycles. The van der Waals surface area contributed by atoms with Gasteiger partial charge in [0.25, 0.3) is 0 Å². The fourth-order valence-corrected chi connectivity index (χ4v) is 7.41. The molecule has 0 aromatic heterocycles. The summed E-state index contributed by atoms with van der Waals surface area (Å²) in [5.74, 6) is -1.38. The Morgan fingerprint density at radius 1 is 0.627 bits per heavy atom. The number of unbranched alkanes of at least 4 members (excludes halogenated alkanes) is 2. The van der Waals surface area contributed by atoms with Crippen molar-refractivity contribution in [3.8, 4) is 11.1 Å². The molecule has 12 nitrogen and oxygen atoms in total. The Morgan fingerprint density at radius 2 is 1.24 bits per heavy atom. The molecular formula is C46H53IN4O8. The van der Waals surface area contributed by atoms with Crippen LogP contribution in [0.2, 0.25) is 0 Å². The molecule has 1 aliphatic rings. The fraction of sp³-hybridized carbons (Fsp3) is 0.370. The molecule has 59 heavy (non-hydrogen) atoms. The van der Waals surface area contributed by atoms with Crippen LogP contribution < -0.4 is 21.3 Å². The Balaban J connectivity index is 1.11. The third kappa shape index (κ3) is 14.4. The van der Waals surface area contributed by atoms with Crippen molar-refractivity contribution < 1.29 is 38.2 Å². The summed E-state index contributed by atoms with van der Waals surface area (Å²) in [6.07, 6.45) is 3.20. The number of hydrogen-bond donors (Lipinski definition) is 4. The second kappa shape index (κ2) is 23.8. The number of alkyl carbamates (subject to hydrolysis) is 2. The highest BCUT2D eigenvalue weighted by Crippen LogP contribution is 2.44. The van der Waals surface area contributed by atoms with Gasteiger partial charge in [-0.1, -0.05) is 91.0 Å². The summed E-state index contributed by atoms with van der Waals surface area (Å²) in [6, 6.07) is 31.6. The number of carbonyl (C=O) groups is 5. The maximum Gasteiger partial charge on any atom is 0.407 e. The van der Waals surface area contributed by atoms with Crippen molar-refractivity contribution in [1.82, 2.24) is 21.3 Å². The zero-order chi connectivity index (χ0) is 41.8. The Morgan fingerprint density at radius 3 is 1.90 bits per heavy atom. The first kappa shape index (κ1) is 44.7. The molecule has 312 valence electrons. The van der Waals surface area contributed by atoms with E-state index in [4.69, 9.17) is 14.2 Å². The van der Waals surface area contributed by atoms with E-state index in [9.17, 15) is 24.0 Å². The first-order valence-corrected chi connectivity index (χ1v) is 21.2. The monoisotopic (exact) mass is 916 g/mol. The molecule has 0 saturated heterocycles. The zero-order valence-electron chi connectivity index (χ0n) is 33.4. The van der Waals surface area contributed by atoms with Gasteiger partial charge in [0.1, 0.15) is 25.3 Å². The quantitative estimate of drug-likeness (QED) is 0.0272. The van der Waals surface area contributed by atoms with E-state index in [1.165, 1.54) is 16.2 Å². The summed E-state index contributed by atoms with van der Waals surface area (Å²) in [5.41, 5.74) is 6.37. The summed E-state index contributed by atoms with van der Waals surface area (Å²) in [5, 5.41) is 11.1. The molecule has 0 aliphatic heterocycles. The van der Waals surface area contributed by atoms with Crippen molar-refractivity contribution in [2.75, 3.05) is 26.8 Å². The molecule has 13 heteroatoms. The van der Waals surface area contributed by atoms with Crippen LogP contribution in [0.5, 0.6) is 0 Å². The maximum atomic E-state index is 13.8. The molecule has 0 bridgehead atoms. The number of ether oxygens (including phenoxy) is 3. The lowest BCUT2D eigenvalue weighted by Gasteiger charge is -2.23. The van der Waals surface area contributed by atoms with E-state index in [-0.39, 0.29) is 37.9 Å². The highest BCUT2D eigenvalue weighted by molar-refractivity contribution is 14.1. The van der Waals surface area contributed by atoms with Crippen molar-refractivity contribution >= 4 is 52.6 Å². The van der Waals surface area contributed by atoms with Gasteiger partial charge in [-0.25, -0.2) is 14.4 Å². The molecule has 0 fully saturated rings. The number of carbonyl (C=O) groups excluding carboxylic acids is 5. The lowest BCUT2D eigenvalue weighted by atomic mass is 9.98. The van der Waals surface area contributed by atoms with Gasteiger partial charge in [0.05, 0.1) is 7.11 Å². The molecule has 4 amide bonds. The third-order valence-corrected chi connectivity index (χ3v) is 10.9. The number of rotatable bonds is 22. The summed E-state index contributed by atoms with van der Waals surface area (Å²) in [6.45, 7) is 0.936. The molecule has 0 saturated carbocycles. The van der Waals surface area contributed by atoms with Crippen molar-refractivity contribution in [2.45, 2.75) is 82.4 Å². The summed E-state index contributed by atoms with van der Waals surface area (Å²) in [4.78, 5) is 64.5. The minimum atomic E-state index is -1.04. The minimum Gasteiger partial charge on any atom is -0.467 e. The van der Waals surface area contributed by atoms with Gasteiger partial charge in [0.2, 0.25) is 11.8 Å². The molecular weight excluding hydrogens is 863 g/mol. The molecule has 2 unspecified atom stereocenters. The smallest absolute Gasteiger partial charge is 0.407 e. The van der Waals surface area contributed by atoms with E-state index in [1.807, 2.05) is 66.7 Å². The average Bonchev–Trinajstić information content (AvgIpc) is 3.57. The minimum absolute atomic E-state index is 0.0326. The number of benzene rings is 4.